The number of carboxylic acid groups (broad SMARTS) is 1. The second kappa shape index (κ2) is 10.2. The van der Waals surface area contributed by atoms with Crippen LogP contribution in [0.4, 0.5) is 10.1 Å². The molecule has 0 radical (unpaired) electrons. The molecule has 2 heterocycles. The van der Waals surface area contributed by atoms with Crippen LogP contribution in [0, 0.1) is 5.82 Å². The van der Waals surface area contributed by atoms with E-state index in [0.717, 1.165) is 31.7 Å². The molecule has 1 saturated carbocycles. The fourth-order valence-corrected chi connectivity index (χ4v) is 3.88. The Morgan fingerprint density at radius 1 is 1.20 bits per heavy atom. The Kier molecular flexibility index (Phi) is 7.66. The fourth-order valence-electron chi connectivity index (χ4n) is 3.88. The lowest BCUT2D eigenvalue weighted by Crippen LogP contribution is -2.57. The van der Waals surface area contributed by atoms with E-state index in [-0.39, 0.29) is 17.6 Å². The summed E-state index contributed by atoms with van der Waals surface area (Å²) in [6.07, 6.45) is 5.12. The maximum Gasteiger partial charge on any atom is 0.340 e. The smallest absolute Gasteiger partial charge is 0.340 e. The van der Waals surface area contributed by atoms with Gasteiger partial charge in [-0.3, -0.25) is 4.90 Å². The monoisotopic (exact) mass is 422 g/mol. The molecule has 1 aromatic carbocycles. The summed E-state index contributed by atoms with van der Waals surface area (Å²) in [5, 5.41) is 9.03. The van der Waals surface area contributed by atoms with E-state index in [1.165, 1.54) is 38.5 Å². The van der Waals surface area contributed by atoms with Crippen LogP contribution in [0.5, 0.6) is 0 Å². The summed E-state index contributed by atoms with van der Waals surface area (Å²) in [4.78, 5) is 27.2. The maximum atomic E-state index is 13.9. The van der Waals surface area contributed by atoms with E-state index in [1.54, 1.807) is 6.07 Å². The molecular weight excluding hydrogens is 391 g/mol. The van der Waals surface area contributed by atoms with E-state index in [4.69, 9.17) is 9.84 Å². The molecule has 1 aliphatic carbocycles. The number of hydrogen-bond donors (Lipinski definition) is 1. The minimum absolute atomic E-state index is 0.0648. The highest BCUT2D eigenvalue weighted by molar-refractivity contribution is 5.90. The second-order valence-corrected chi connectivity index (χ2v) is 8.15. The molecule has 8 heteroatoms. The van der Waals surface area contributed by atoms with Gasteiger partial charge in [0.05, 0.1) is 19.3 Å². The van der Waals surface area contributed by atoms with Crippen LogP contribution < -0.4 is 4.90 Å². The molecule has 3 aliphatic rings. The van der Waals surface area contributed by atoms with Crippen molar-refractivity contribution in [2.45, 2.75) is 57.2 Å². The molecule has 2 saturated heterocycles. The zero-order valence-electron chi connectivity index (χ0n) is 17.7. The van der Waals surface area contributed by atoms with Crippen molar-refractivity contribution in [3.63, 3.8) is 0 Å². The topological polar surface area (TPSA) is 79.3 Å². The standard InChI is InChI=1S/C19H25FN2O5.C3H6/c1-12-10-21(14-4-6-17(18(23)24)27-11-14)7-8-22(12)13-3-5-16(20)15(9-13)19(25)26-2;1-2-3-1/h3,5,9,12,14,17H,4,6-8,10-11H2,1-2H3,(H,23,24);1-3H2. The van der Waals surface area contributed by atoms with Gasteiger partial charge in [0, 0.05) is 37.4 Å². The minimum atomic E-state index is -0.899. The molecule has 4 rings (SSSR count). The van der Waals surface area contributed by atoms with Gasteiger partial charge in [-0.05, 0) is 38.0 Å². The second-order valence-electron chi connectivity index (χ2n) is 8.15. The van der Waals surface area contributed by atoms with Gasteiger partial charge in [-0.25, -0.2) is 14.0 Å². The number of ether oxygens (including phenoxy) is 2. The number of esters is 1. The summed E-state index contributed by atoms with van der Waals surface area (Å²) in [5.41, 5.74) is 0.722. The van der Waals surface area contributed by atoms with E-state index in [9.17, 15) is 14.0 Å². The predicted octanol–water partition coefficient (Wildman–Crippen LogP) is 2.93. The normalized spacial score (nSPS) is 26.4. The Morgan fingerprint density at radius 3 is 2.47 bits per heavy atom. The Morgan fingerprint density at radius 2 is 1.93 bits per heavy atom. The van der Waals surface area contributed by atoms with Gasteiger partial charge < -0.3 is 19.5 Å². The lowest BCUT2D eigenvalue weighted by atomic mass is 10.0. The fraction of sp³-hybridized carbons (Fsp3) is 0.636. The summed E-state index contributed by atoms with van der Waals surface area (Å²) in [5.74, 6) is -2.18. The van der Waals surface area contributed by atoms with Crippen LogP contribution in [0.2, 0.25) is 0 Å². The number of benzene rings is 1. The van der Waals surface area contributed by atoms with Crippen LogP contribution >= 0.6 is 0 Å². The maximum absolute atomic E-state index is 13.9. The molecule has 3 fully saturated rings. The van der Waals surface area contributed by atoms with Gasteiger partial charge in [0.15, 0.2) is 6.10 Å². The number of methoxy groups -OCH3 is 1. The first kappa shape index (κ1) is 22.5. The number of aliphatic carboxylic acids is 1. The molecule has 3 unspecified atom stereocenters. The predicted molar refractivity (Wildman–Crippen MR) is 110 cm³/mol. The highest BCUT2D eigenvalue weighted by Gasteiger charge is 2.33. The first-order chi connectivity index (χ1) is 14.4. The lowest BCUT2D eigenvalue weighted by molar-refractivity contribution is -0.156. The third kappa shape index (κ3) is 5.70. The number of anilines is 1. The number of halogens is 1. The van der Waals surface area contributed by atoms with Gasteiger partial charge in [0.25, 0.3) is 0 Å². The number of carbonyl (C=O) groups is 2. The van der Waals surface area contributed by atoms with Crippen LogP contribution in [0.3, 0.4) is 0 Å². The number of piperazine rings is 1. The Hall–Kier alpha value is -2.19. The van der Waals surface area contributed by atoms with Crippen LogP contribution in [0.15, 0.2) is 18.2 Å². The van der Waals surface area contributed by atoms with E-state index in [1.807, 2.05) is 0 Å². The molecule has 30 heavy (non-hydrogen) atoms. The molecule has 0 spiro atoms. The average molecular weight is 422 g/mol. The number of carboxylic acids is 1. The van der Waals surface area contributed by atoms with E-state index >= 15 is 0 Å². The minimum Gasteiger partial charge on any atom is -0.479 e. The Bertz CT molecular complexity index is 746. The zero-order chi connectivity index (χ0) is 21.7. The highest BCUT2D eigenvalue weighted by Crippen LogP contribution is 2.26. The van der Waals surface area contributed by atoms with Crippen molar-refractivity contribution in [1.29, 1.82) is 0 Å². The van der Waals surface area contributed by atoms with Crippen molar-refractivity contribution in [2.24, 2.45) is 0 Å². The molecule has 7 nitrogen and oxygen atoms in total. The van der Waals surface area contributed by atoms with Crippen LogP contribution in [-0.2, 0) is 14.3 Å². The third-order valence-corrected chi connectivity index (χ3v) is 5.74. The lowest BCUT2D eigenvalue weighted by Gasteiger charge is -2.45. The number of rotatable bonds is 4. The van der Waals surface area contributed by atoms with Gasteiger partial charge in [-0.1, -0.05) is 19.3 Å². The summed E-state index contributed by atoms with van der Waals surface area (Å²) in [6, 6.07) is 4.88. The van der Waals surface area contributed by atoms with Crippen LogP contribution in [0.25, 0.3) is 0 Å². The largest absolute Gasteiger partial charge is 0.479 e. The quantitative estimate of drug-likeness (QED) is 0.748. The SMILES string of the molecule is C1CC1.COC(=O)c1cc(N2CCN(C3CCC(C(=O)O)OC3)CC2C)ccc1F. The van der Waals surface area contributed by atoms with Crippen LogP contribution in [-0.4, -0.2) is 73.5 Å². The molecule has 1 N–H and O–H groups in total. The molecule has 1 aromatic rings. The average Bonchev–Trinajstić information content (AvgIpc) is 3.63. The molecular formula is C22H31FN2O5. The first-order valence-corrected chi connectivity index (χ1v) is 10.6. The van der Waals surface area contributed by atoms with Gasteiger partial charge in [0.2, 0.25) is 0 Å². The molecule has 166 valence electrons. The van der Waals surface area contributed by atoms with E-state index in [0.29, 0.717) is 13.0 Å². The van der Waals surface area contributed by atoms with Crippen molar-refractivity contribution < 1.29 is 28.6 Å². The van der Waals surface area contributed by atoms with Crippen molar-refractivity contribution in [3.8, 4) is 0 Å². The molecule has 0 amide bonds. The Labute approximate surface area is 176 Å². The van der Waals surface area contributed by atoms with Gasteiger partial charge >= 0.3 is 11.9 Å². The molecule has 0 bridgehead atoms. The summed E-state index contributed by atoms with van der Waals surface area (Å²) < 4.78 is 24.0. The van der Waals surface area contributed by atoms with Crippen molar-refractivity contribution >= 4 is 17.6 Å². The van der Waals surface area contributed by atoms with Gasteiger partial charge in [0.1, 0.15) is 5.82 Å². The van der Waals surface area contributed by atoms with Crippen molar-refractivity contribution in [1.82, 2.24) is 4.90 Å². The number of hydrogen-bond acceptors (Lipinski definition) is 6. The van der Waals surface area contributed by atoms with Crippen molar-refractivity contribution in [2.75, 3.05) is 38.3 Å². The number of carbonyl (C=O) groups excluding carboxylic acids is 1. The first-order valence-electron chi connectivity index (χ1n) is 10.6. The highest BCUT2D eigenvalue weighted by atomic mass is 19.1. The van der Waals surface area contributed by atoms with Gasteiger partial charge in [-0.15, -0.1) is 0 Å². The zero-order valence-corrected chi connectivity index (χ0v) is 17.7. The van der Waals surface area contributed by atoms with E-state index in [2.05, 4.69) is 21.5 Å². The summed E-state index contributed by atoms with van der Waals surface area (Å²) in [6.45, 7) is 4.81. The molecule has 2 aliphatic heterocycles. The molecule has 0 aromatic heterocycles. The van der Waals surface area contributed by atoms with Crippen LogP contribution in [0.1, 0.15) is 49.4 Å². The number of nitrogens with zero attached hydrogens (tertiary/aromatic N) is 2. The Balaban J connectivity index is 0.000000782. The summed E-state index contributed by atoms with van der Waals surface area (Å²) in [7, 11) is 1.23. The van der Waals surface area contributed by atoms with E-state index < -0.39 is 23.9 Å². The summed E-state index contributed by atoms with van der Waals surface area (Å²) >= 11 is 0. The third-order valence-electron chi connectivity index (χ3n) is 5.74. The van der Waals surface area contributed by atoms with Crippen molar-refractivity contribution in [3.05, 3.63) is 29.6 Å². The molecule has 3 atom stereocenters. The van der Waals surface area contributed by atoms with Gasteiger partial charge in [-0.2, -0.15) is 0 Å².